The number of anilines is 1. The molecule has 0 aliphatic heterocycles. The molecule has 8 heteroatoms. The Morgan fingerprint density at radius 2 is 1.62 bits per heavy atom. The maximum Gasteiger partial charge on any atom is 0.338 e. The SMILES string of the molecule is CCCCCCCCCCCCOC(=O)c1ccc(Cl)c(NC(=O)C(C(C)=O)n2ncc3ccc(C)cc32)c1. The first-order valence-electron chi connectivity index (χ1n) is 14.0. The molecule has 1 unspecified atom stereocenters. The van der Waals surface area contributed by atoms with Crippen LogP contribution in [0.1, 0.15) is 100 Å². The molecule has 3 aromatic rings. The molecule has 210 valence electrons. The molecule has 0 saturated heterocycles. The lowest BCUT2D eigenvalue weighted by molar-refractivity contribution is -0.129. The summed E-state index contributed by atoms with van der Waals surface area (Å²) in [5, 5.41) is 8.08. The minimum atomic E-state index is -1.19. The minimum absolute atomic E-state index is 0.231. The van der Waals surface area contributed by atoms with Crippen molar-refractivity contribution in [1.82, 2.24) is 9.78 Å². The molecule has 0 aliphatic carbocycles. The number of aryl methyl sites for hydroxylation is 1. The van der Waals surface area contributed by atoms with Crippen LogP contribution in [-0.2, 0) is 14.3 Å². The Bertz CT molecular complexity index is 1270. The quantitative estimate of drug-likeness (QED) is 0.111. The Morgan fingerprint density at radius 3 is 2.28 bits per heavy atom. The van der Waals surface area contributed by atoms with Crippen LogP contribution in [0.15, 0.2) is 42.6 Å². The molecule has 0 bridgehead atoms. The fourth-order valence-electron chi connectivity index (χ4n) is 4.61. The summed E-state index contributed by atoms with van der Waals surface area (Å²) >= 11 is 6.32. The zero-order chi connectivity index (χ0) is 28.2. The Kier molecular flexibility index (Phi) is 12.0. The van der Waals surface area contributed by atoms with E-state index in [0.717, 1.165) is 30.2 Å². The van der Waals surface area contributed by atoms with E-state index in [-0.39, 0.29) is 22.1 Å². The lowest BCUT2D eigenvalue weighted by Crippen LogP contribution is -2.32. The van der Waals surface area contributed by atoms with Gasteiger partial charge in [0.05, 0.1) is 34.6 Å². The number of nitrogens with zero attached hydrogens (tertiary/aromatic N) is 2. The van der Waals surface area contributed by atoms with E-state index < -0.39 is 17.9 Å². The summed E-state index contributed by atoms with van der Waals surface area (Å²) in [6, 6.07) is 9.10. The van der Waals surface area contributed by atoms with Gasteiger partial charge in [0, 0.05) is 5.39 Å². The third-order valence-corrected chi connectivity index (χ3v) is 7.15. The van der Waals surface area contributed by atoms with Crippen LogP contribution in [0.5, 0.6) is 0 Å². The number of hydrogen-bond acceptors (Lipinski definition) is 5. The van der Waals surface area contributed by atoms with Crippen LogP contribution < -0.4 is 5.32 Å². The number of benzene rings is 2. The highest BCUT2D eigenvalue weighted by Crippen LogP contribution is 2.26. The molecular weight excluding hydrogens is 514 g/mol. The lowest BCUT2D eigenvalue weighted by atomic mass is 10.1. The topological polar surface area (TPSA) is 90.3 Å². The highest BCUT2D eigenvalue weighted by molar-refractivity contribution is 6.34. The summed E-state index contributed by atoms with van der Waals surface area (Å²) in [7, 11) is 0. The number of nitrogens with one attached hydrogen (secondary N) is 1. The van der Waals surface area contributed by atoms with Gasteiger partial charge in [-0.2, -0.15) is 5.10 Å². The third-order valence-electron chi connectivity index (χ3n) is 6.82. The molecule has 1 heterocycles. The zero-order valence-corrected chi connectivity index (χ0v) is 24.1. The fourth-order valence-corrected chi connectivity index (χ4v) is 4.77. The molecule has 0 spiro atoms. The van der Waals surface area contributed by atoms with Crippen molar-refractivity contribution in [1.29, 1.82) is 0 Å². The van der Waals surface area contributed by atoms with E-state index in [1.165, 1.54) is 68.7 Å². The van der Waals surface area contributed by atoms with Crippen molar-refractivity contribution in [2.75, 3.05) is 11.9 Å². The number of Topliss-reactive ketones (excluding diaryl/α,β-unsaturated/α-hetero) is 1. The predicted octanol–water partition coefficient (Wildman–Crippen LogP) is 7.84. The van der Waals surface area contributed by atoms with Gasteiger partial charge in [-0.05, 0) is 50.1 Å². The number of ether oxygens (including phenoxy) is 1. The van der Waals surface area contributed by atoms with Crippen LogP contribution in [0.3, 0.4) is 0 Å². The van der Waals surface area contributed by atoms with Crippen LogP contribution in [-0.4, -0.2) is 34.0 Å². The number of unbranched alkanes of at least 4 members (excludes halogenated alkanes) is 9. The molecule has 0 fully saturated rings. The summed E-state index contributed by atoms with van der Waals surface area (Å²) in [5.74, 6) is -1.44. The first kappa shape index (κ1) is 30.4. The number of halogens is 1. The van der Waals surface area contributed by atoms with Gasteiger partial charge in [-0.3, -0.25) is 9.59 Å². The van der Waals surface area contributed by atoms with Gasteiger partial charge >= 0.3 is 5.97 Å². The van der Waals surface area contributed by atoms with E-state index in [2.05, 4.69) is 17.3 Å². The lowest BCUT2D eigenvalue weighted by Gasteiger charge is -2.17. The maximum atomic E-state index is 13.2. The second-order valence-corrected chi connectivity index (χ2v) is 10.6. The van der Waals surface area contributed by atoms with Gasteiger partial charge in [0.1, 0.15) is 0 Å². The largest absolute Gasteiger partial charge is 0.462 e. The van der Waals surface area contributed by atoms with Crippen LogP contribution in [0.2, 0.25) is 5.02 Å². The van der Waals surface area contributed by atoms with Gasteiger partial charge in [0.25, 0.3) is 5.91 Å². The van der Waals surface area contributed by atoms with Gasteiger partial charge in [0.2, 0.25) is 0 Å². The predicted molar refractivity (Wildman–Crippen MR) is 156 cm³/mol. The summed E-state index contributed by atoms with van der Waals surface area (Å²) in [4.78, 5) is 38.4. The van der Waals surface area contributed by atoms with Crippen molar-refractivity contribution in [3.05, 3.63) is 58.7 Å². The van der Waals surface area contributed by atoms with E-state index in [1.807, 2.05) is 25.1 Å². The number of rotatable bonds is 16. The second-order valence-electron chi connectivity index (χ2n) is 10.2. The van der Waals surface area contributed by atoms with Crippen LogP contribution >= 0.6 is 11.6 Å². The van der Waals surface area contributed by atoms with Gasteiger partial charge in [0.15, 0.2) is 11.8 Å². The van der Waals surface area contributed by atoms with Crippen molar-refractivity contribution < 1.29 is 19.1 Å². The molecule has 1 N–H and O–H groups in total. The molecule has 0 radical (unpaired) electrons. The molecule has 3 rings (SSSR count). The van der Waals surface area contributed by atoms with Crippen molar-refractivity contribution in [2.45, 2.75) is 91.0 Å². The number of carbonyl (C=O) groups is 3. The fraction of sp³-hybridized carbons (Fsp3) is 0.484. The van der Waals surface area contributed by atoms with Crippen LogP contribution in [0.4, 0.5) is 5.69 Å². The smallest absolute Gasteiger partial charge is 0.338 e. The molecular formula is C31H40ClN3O4. The number of fused-ring (bicyclic) bond motifs is 1. The molecule has 0 saturated carbocycles. The molecule has 7 nitrogen and oxygen atoms in total. The normalized spacial score (nSPS) is 11.9. The monoisotopic (exact) mass is 553 g/mol. The number of esters is 1. The molecule has 1 aromatic heterocycles. The third kappa shape index (κ3) is 8.92. The molecule has 39 heavy (non-hydrogen) atoms. The first-order valence-corrected chi connectivity index (χ1v) is 14.4. The van der Waals surface area contributed by atoms with E-state index in [4.69, 9.17) is 16.3 Å². The van der Waals surface area contributed by atoms with Crippen molar-refractivity contribution in [3.63, 3.8) is 0 Å². The summed E-state index contributed by atoms with van der Waals surface area (Å²) in [5.41, 5.74) is 2.18. The van der Waals surface area contributed by atoms with Gasteiger partial charge in [-0.25, -0.2) is 9.48 Å². The Labute approximate surface area is 236 Å². The van der Waals surface area contributed by atoms with Crippen LogP contribution in [0.25, 0.3) is 10.9 Å². The summed E-state index contributed by atoms with van der Waals surface area (Å²) < 4.78 is 6.86. The van der Waals surface area contributed by atoms with E-state index in [0.29, 0.717) is 12.1 Å². The second kappa shape index (κ2) is 15.4. The first-order chi connectivity index (χ1) is 18.8. The van der Waals surface area contributed by atoms with E-state index in [9.17, 15) is 14.4 Å². The van der Waals surface area contributed by atoms with Crippen LogP contribution in [0, 0.1) is 6.92 Å². The zero-order valence-electron chi connectivity index (χ0n) is 23.3. The van der Waals surface area contributed by atoms with E-state index >= 15 is 0 Å². The Balaban J connectivity index is 1.53. The number of ketones is 1. The summed E-state index contributed by atoms with van der Waals surface area (Å²) in [6.07, 6.45) is 13.7. The average Bonchev–Trinajstić information content (AvgIpc) is 3.30. The number of carbonyl (C=O) groups excluding carboxylic acids is 3. The number of amides is 1. The molecule has 0 aliphatic rings. The average molecular weight is 554 g/mol. The Morgan fingerprint density at radius 1 is 0.949 bits per heavy atom. The van der Waals surface area contributed by atoms with Crippen molar-refractivity contribution in [3.8, 4) is 0 Å². The van der Waals surface area contributed by atoms with Crippen molar-refractivity contribution >= 4 is 45.9 Å². The minimum Gasteiger partial charge on any atom is -0.462 e. The number of hydrogen-bond donors (Lipinski definition) is 1. The Hall–Kier alpha value is -3.19. The maximum absolute atomic E-state index is 13.2. The van der Waals surface area contributed by atoms with Crippen molar-refractivity contribution in [2.24, 2.45) is 0 Å². The number of aromatic nitrogens is 2. The highest BCUT2D eigenvalue weighted by Gasteiger charge is 2.28. The molecule has 1 amide bonds. The standard InChI is InChI=1S/C31H40ClN3O4/c1-4-5-6-7-8-9-10-11-12-13-18-39-31(38)24-16-17-26(32)27(20-24)34-30(37)29(23(3)36)35-28-19-22(2)14-15-25(28)21-33-35/h14-17,19-21,29H,4-13,18H2,1-3H3,(H,34,37). The van der Waals surface area contributed by atoms with Gasteiger partial charge < -0.3 is 10.1 Å². The van der Waals surface area contributed by atoms with Gasteiger partial charge in [-0.15, -0.1) is 0 Å². The highest BCUT2D eigenvalue weighted by atomic mass is 35.5. The molecule has 2 aromatic carbocycles. The van der Waals surface area contributed by atoms with E-state index in [1.54, 1.807) is 12.3 Å². The molecule has 1 atom stereocenters. The summed E-state index contributed by atoms with van der Waals surface area (Å²) in [6.45, 7) is 5.85. The van der Waals surface area contributed by atoms with Gasteiger partial charge in [-0.1, -0.05) is 88.4 Å².